The van der Waals surface area contributed by atoms with E-state index in [0.717, 1.165) is 22.2 Å². The van der Waals surface area contributed by atoms with Crippen LogP contribution in [0.1, 0.15) is 5.56 Å². The number of rotatable bonds is 3. The van der Waals surface area contributed by atoms with Crippen LogP contribution >= 0.6 is 23.2 Å². The van der Waals surface area contributed by atoms with Crippen LogP contribution < -0.4 is 5.32 Å². The van der Waals surface area contributed by atoms with Gasteiger partial charge in [-0.2, -0.15) is 5.10 Å². The maximum Gasteiger partial charge on any atom is 0.0881 e. The van der Waals surface area contributed by atoms with E-state index in [4.69, 9.17) is 23.2 Å². The van der Waals surface area contributed by atoms with Gasteiger partial charge in [-0.3, -0.25) is 5.10 Å². The molecule has 0 aliphatic rings. The second-order valence-corrected chi connectivity index (χ2v) is 5.06. The monoisotopic (exact) mass is 291 g/mol. The average molecular weight is 292 g/mol. The lowest BCUT2D eigenvalue weighted by molar-refractivity contribution is 1.11. The number of nitrogens with one attached hydrogen (secondary N) is 2. The van der Waals surface area contributed by atoms with Crippen molar-refractivity contribution in [1.29, 1.82) is 0 Å². The minimum absolute atomic E-state index is 0.570. The van der Waals surface area contributed by atoms with Crippen LogP contribution in [-0.4, -0.2) is 10.2 Å². The van der Waals surface area contributed by atoms with E-state index in [9.17, 15) is 0 Å². The molecule has 0 atom stereocenters. The van der Waals surface area contributed by atoms with Gasteiger partial charge in [-0.1, -0.05) is 41.4 Å². The fourth-order valence-electron chi connectivity index (χ4n) is 1.96. The van der Waals surface area contributed by atoms with Crippen LogP contribution in [0.4, 0.5) is 5.69 Å². The standard InChI is InChI=1S/C14H11Cl2N3/c15-11-5-4-9(6-12(11)16)7-17-13-3-1-2-10-8-18-19-14(10)13/h1-6,8,17H,7H2,(H,18,19). The molecule has 2 aromatic carbocycles. The van der Waals surface area contributed by atoms with Crippen LogP contribution in [-0.2, 0) is 6.54 Å². The molecule has 2 N–H and O–H groups in total. The lowest BCUT2D eigenvalue weighted by Gasteiger charge is -2.08. The van der Waals surface area contributed by atoms with Crippen molar-refractivity contribution in [2.24, 2.45) is 0 Å². The molecule has 1 aromatic heterocycles. The van der Waals surface area contributed by atoms with E-state index in [1.165, 1.54) is 0 Å². The van der Waals surface area contributed by atoms with Crippen LogP contribution in [0.3, 0.4) is 0 Å². The Morgan fingerprint density at radius 2 is 2.00 bits per heavy atom. The van der Waals surface area contributed by atoms with Gasteiger partial charge in [-0.15, -0.1) is 0 Å². The molecule has 5 heteroatoms. The third-order valence-corrected chi connectivity index (χ3v) is 3.68. The highest BCUT2D eigenvalue weighted by molar-refractivity contribution is 6.42. The first-order valence-corrected chi connectivity index (χ1v) is 6.59. The molecular formula is C14H11Cl2N3. The number of hydrogen-bond acceptors (Lipinski definition) is 2. The lowest BCUT2D eigenvalue weighted by Crippen LogP contribution is -1.99. The molecule has 3 nitrogen and oxygen atoms in total. The van der Waals surface area contributed by atoms with Crippen molar-refractivity contribution in [2.45, 2.75) is 6.54 Å². The number of para-hydroxylation sites is 1. The molecule has 3 rings (SSSR count). The van der Waals surface area contributed by atoms with Crippen molar-refractivity contribution in [3.63, 3.8) is 0 Å². The van der Waals surface area contributed by atoms with Crippen LogP contribution in [0.5, 0.6) is 0 Å². The van der Waals surface area contributed by atoms with Crippen LogP contribution in [0.2, 0.25) is 10.0 Å². The van der Waals surface area contributed by atoms with Gasteiger partial charge in [0.2, 0.25) is 0 Å². The second kappa shape index (κ2) is 5.11. The summed E-state index contributed by atoms with van der Waals surface area (Å²) in [7, 11) is 0. The molecule has 0 saturated heterocycles. The van der Waals surface area contributed by atoms with Gasteiger partial charge in [0.1, 0.15) is 0 Å². The number of anilines is 1. The predicted molar refractivity (Wildman–Crippen MR) is 79.9 cm³/mol. The number of halogens is 2. The summed E-state index contributed by atoms with van der Waals surface area (Å²) in [6.45, 7) is 0.676. The number of aromatic amines is 1. The highest BCUT2D eigenvalue weighted by Crippen LogP contribution is 2.24. The summed E-state index contributed by atoms with van der Waals surface area (Å²) in [4.78, 5) is 0. The average Bonchev–Trinajstić information content (AvgIpc) is 2.89. The fraction of sp³-hybridized carbons (Fsp3) is 0.0714. The van der Waals surface area contributed by atoms with E-state index in [1.54, 1.807) is 12.3 Å². The molecule has 0 radical (unpaired) electrons. The van der Waals surface area contributed by atoms with Gasteiger partial charge in [0.15, 0.2) is 0 Å². The van der Waals surface area contributed by atoms with E-state index in [2.05, 4.69) is 15.5 Å². The first-order valence-electron chi connectivity index (χ1n) is 5.84. The number of hydrogen-bond donors (Lipinski definition) is 2. The molecule has 0 bridgehead atoms. The van der Waals surface area contributed by atoms with E-state index < -0.39 is 0 Å². The molecule has 0 spiro atoms. The fourth-order valence-corrected chi connectivity index (χ4v) is 2.28. The SMILES string of the molecule is Clc1ccc(CNc2cccc3cn[nH]c23)cc1Cl. The molecular weight excluding hydrogens is 281 g/mol. The molecule has 0 amide bonds. The Hall–Kier alpha value is -1.71. The minimum atomic E-state index is 0.570. The van der Waals surface area contributed by atoms with Crippen molar-refractivity contribution in [2.75, 3.05) is 5.32 Å². The zero-order valence-electron chi connectivity index (χ0n) is 9.95. The highest BCUT2D eigenvalue weighted by atomic mass is 35.5. The third kappa shape index (κ3) is 2.53. The predicted octanol–water partition coefficient (Wildman–Crippen LogP) is 4.48. The van der Waals surface area contributed by atoms with Gasteiger partial charge in [-0.25, -0.2) is 0 Å². The highest BCUT2D eigenvalue weighted by Gasteiger charge is 2.03. The second-order valence-electron chi connectivity index (χ2n) is 4.24. The molecule has 3 aromatic rings. The zero-order chi connectivity index (χ0) is 13.2. The zero-order valence-corrected chi connectivity index (χ0v) is 11.5. The number of nitrogens with zero attached hydrogens (tertiary/aromatic N) is 1. The maximum absolute atomic E-state index is 6.00. The minimum Gasteiger partial charge on any atom is -0.379 e. The molecule has 0 aliphatic carbocycles. The van der Waals surface area contributed by atoms with Gasteiger partial charge >= 0.3 is 0 Å². The van der Waals surface area contributed by atoms with Crippen molar-refractivity contribution in [1.82, 2.24) is 10.2 Å². The van der Waals surface area contributed by atoms with Crippen molar-refractivity contribution >= 4 is 39.8 Å². The first-order chi connectivity index (χ1) is 9.24. The summed E-state index contributed by atoms with van der Waals surface area (Å²) < 4.78 is 0. The van der Waals surface area contributed by atoms with E-state index in [1.807, 2.05) is 30.3 Å². The van der Waals surface area contributed by atoms with Gasteiger partial charge in [-0.05, 0) is 23.8 Å². The topological polar surface area (TPSA) is 40.7 Å². The Labute approximate surface area is 120 Å². The Kier molecular flexibility index (Phi) is 3.32. The van der Waals surface area contributed by atoms with Gasteiger partial charge in [0, 0.05) is 11.9 Å². The first kappa shape index (κ1) is 12.3. The van der Waals surface area contributed by atoms with Gasteiger partial charge in [0.25, 0.3) is 0 Å². The Morgan fingerprint density at radius 3 is 2.84 bits per heavy atom. The van der Waals surface area contributed by atoms with Crippen LogP contribution in [0.15, 0.2) is 42.6 Å². The molecule has 0 aliphatic heterocycles. The summed E-state index contributed by atoms with van der Waals surface area (Å²) in [6.07, 6.45) is 1.81. The molecule has 0 fully saturated rings. The van der Waals surface area contributed by atoms with E-state index in [-0.39, 0.29) is 0 Å². The van der Waals surface area contributed by atoms with Crippen molar-refractivity contribution in [3.05, 3.63) is 58.2 Å². The third-order valence-electron chi connectivity index (χ3n) is 2.94. The summed E-state index contributed by atoms with van der Waals surface area (Å²) in [5, 5.41) is 12.6. The number of aromatic nitrogens is 2. The quantitative estimate of drug-likeness (QED) is 0.747. The van der Waals surface area contributed by atoms with Crippen molar-refractivity contribution in [3.8, 4) is 0 Å². The maximum atomic E-state index is 6.00. The summed E-state index contributed by atoms with van der Waals surface area (Å²) >= 11 is 11.9. The van der Waals surface area contributed by atoms with Crippen molar-refractivity contribution < 1.29 is 0 Å². The number of fused-ring (bicyclic) bond motifs is 1. The Bertz CT molecular complexity index is 722. The van der Waals surface area contributed by atoms with E-state index in [0.29, 0.717) is 16.6 Å². The van der Waals surface area contributed by atoms with Crippen LogP contribution in [0.25, 0.3) is 10.9 Å². The number of H-pyrrole nitrogens is 1. The molecule has 1 heterocycles. The van der Waals surface area contributed by atoms with Gasteiger partial charge < -0.3 is 5.32 Å². The normalized spacial score (nSPS) is 10.8. The Morgan fingerprint density at radius 1 is 1.11 bits per heavy atom. The summed E-state index contributed by atoms with van der Waals surface area (Å²) in [6, 6.07) is 11.6. The number of benzene rings is 2. The van der Waals surface area contributed by atoms with Crippen LogP contribution in [0, 0.1) is 0 Å². The van der Waals surface area contributed by atoms with E-state index >= 15 is 0 Å². The molecule has 0 saturated carbocycles. The van der Waals surface area contributed by atoms with Gasteiger partial charge in [0.05, 0.1) is 27.4 Å². The molecule has 0 unspecified atom stereocenters. The Balaban J connectivity index is 1.82. The largest absolute Gasteiger partial charge is 0.379 e. The summed E-state index contributed by atoms with van der Waals surface area (Å²) in [5.41, 5.74) is 3.09. The lowest BCUT2D eigenvalue weighted by atomic mass is 10.2. The molecule has 19 heavy (non-hydrogen) atoms. The smallest absolute Gasteiger partial charge is 0.0881 e. The summed E-state index contributed by atoms with van der Waals surface area (Å²) in [5.74, 6) is 0. The molecule has 96 valence electrons.